The predicted molar refractivity (Wildman–Crippen MR) is 144 cm³/mol. The Morgan fingerprint density at radius 3 is 2.20 bits per heavy atom. The molecule has 1 heterocycles. The number of nitrogens with zero attached hydrogens (tertiary/aromatic N) is 2. The molecule has 0 aliphatic carbocycles. The highest BCUT2D eigenvalue weighted by Gasteiger charge is 2.25. The van der Waals surface area contributed by atoms with E-state index < -0.39 is 0 Å². The van der Waals surface area contributed by atoms with Crippen molar-refractivity contribution in [2.45, 2.75) is 72.9 Å². The molecule has 2 amide bonds. The van der Waals surface area contributed by atoms with Crippen LogP contribution in [0.5, 0.6) is 0 Å². The zero-order chi connectivity index (χ0) is 25.8. The molecule has 0 saturated heterocycles. The van der Waals surface area contributed by atoms with Gasteiger partial charge >= 0.3 is 0 Å². The molecular formula is C30H41N3O2. The van der Waals surface area contributed by atoms with Gasteiger partial charge in [-0.25, -0.2) is 0 Å². The summed E-state index contributed by atoms with van der Waals surface area (Å²) < 4.78 is 0. The third-order valence-corrected chi connectivity index (χ3v) is 6.58. The standard InChI is InChI=1S/C30H41N3O2/c1-21(2)29(35)33(22(3)4)20-28(34)32(19-23-12-14-25(15-13-23)30(5,6)7)17-16-24-18-31-27-11-9-8-10-26(24)27/h8-15,18,21-22,31H,16-17,19-20H2,1-7H3. The molecule has 0 unspecified atom stereocenters. The Morgan fingerprint density at radius 1 is 0.943 bits per heavy atom. The van der Waals surface area contributed by atoms with Gasteiger partial charge in [-0.1, -0.05) is 77.1 Å². The zero-order valence-corrected chi connectivity index (χ0v) is 22.4. The minimum absolute atomic E-state index is 0.0134. The van der Waals surface area contributed by atoms with E-state index in [1.165, 1.54) is 16.5 Å². The van der Waals surface area contributed by atoms with Gasteiger partial charge in [0.1, 0.15) is 0 Å². The van der Waals surface area contributed by atoms with Crippen LogP contribution in [0.1, 0.15) is 65.2 Å². The number of rotatable bonds is 9. The maximum Gasteiger partial charge on any atom is 0.242 e. The molecule has 3 rings (SSSR count). The van der Waals surface area contributed by atoms with E-state index in [9.17, 15) is 9.59 Å². The number of carbonyl (C=O) groups excluding carboxylic acids is 2. The van der Waals surface area contributed by atoms with Crippen molar-refractivity contribution in [3.8, 4) is 0 Å². The number of fused-ring (bicyclic) bond motifs is 1. The van der Waals surface area contributed by atoms with E-state index in [4.69, 9.17) is 0 Å². The topological polar surface area (TPSA) is 56.4 Å². The molecular weight excluding hydrogens is 434 g/mol. The highest BCUT2D eigenvalue weighted by atomic mass is 16.2. The molecule has 0 radical (unpaired) electrons. The molecule has 0 aliphatic rings. The fraction of sp³-hybridized carbons (Fsp3) is 0.467. The van der Waals surface area contributed by atoms with E-state index in [0.717, 1.165) is 17.5 Å². The van der Waals surface area contributed by atoms with Gasteiger partial charge in [-0.15, -0.1) is 0 Å². The summed E-state index contributed by atoms with van der Waals surface area (Å²) in [6.45, 7) is 15.5. The molecule has 0 fully saturated rings. The summed E-state index contributed by atoms with van der Waals surface area (Å²) in [5.74, 6) is -0.151. The number of amides is 2. The van der Waals surface area contributed by atoms with Gasteiger partial charge < -0.3 is 14.8 Å². The number of benzene rings is 2. The number of para-hydroxylation sites is 1. The van der Waals surface area contributed by atoms with Crippen LogP contribution < -0.4 is 0 Å². The summed E-state index contributed by atoms with van der Waals surface area (Å²) in [4.78, 5) is 33.3. The summed E-state index contributed by atoms with van der Waals surface area (Å²) >= 11 is 0. The minimum Gasteiger partial charge on any atom is -0.361 e. The lowest BCUT2D eigenvalue weighted by Crippen LogP contribution is -2.47. The van der Waals surface area contributed by atoms with Crippen LogP contribution in [0.3, 0.4) is 0 Å². The molecule has 0 saturated carbocycles. The first-order valence-corrected chi connectivity index (χ1v) is 12.7. The lowest BCUT2D eigenvalue weighted by Gasteiger charge is -2.31. The van der Waals surface area contributed by atoms with Crippen LogP contribution >= 0.6 is 0 Å². The summed E-state index contributed by atoms with van der Waals surface area (Å²) in [5, 5.41) is 1.19. The lowest BCUT2D eigenvalue weighted by atomic mass is 9.87. The largest absolute Gasteiger partial charge is 0.361 e. The Balaban J connectivity index is 1.82. The smallest absolute Gasteiger partial charge is 0.242 e. The van der Waals surface area contributed by atoms with E-state index in [1.54, 1.807) is 4.90 Å². The molecule has 35 heavy (non-hydrogen) atoms. The Morgan fingerprint density at radius 2 is 1.60 bits per heavy atom. The fourth-order valence-electron chi connectivity index (χ4n) is 4.31. The predicted octanol–water partition coefficient (Wildman–Crippen LogP) is 5.93. The van der Waals surface area contributed by atoms with E-state index in [2.05, 4.69) is 62.2 Å². The van der Waals surface area contributed by atoms with E-state index in [-0.39, 0.29) is 35.7 Å². The molecule has 0 bridgehead atoms. The first kappa shape index (κ1) is 26.5. The second kappa shape index (κ2) is 11.1. The molecule has 188 valence electrons. The maximum absolute atomic E-state index is 13.6. The van der Waals surface area contributed by atoms with Gasteiger partial charge in [-0.3, -0.25) is 9.59 Å². The van der Waals surface area contributed by atoms with Crippen molar-refractivity contribution in [1.82, 2.24) is 14.8 Å². The highest BCUT2D eigenvalue weighted by molar-refractivity contribution is 5.86. The fourth-order valence-corrected chi connectivity index (χ4v) is 4.31. The number of hydrogen-bond donors (Lipinski definition) is 1. The Hall–Kier alpha value is -3.08. The maximum atomic E-state index is 13.6. The van der Waals surface area contributed by atoms with Gasteiger partial charge in [0, 0.05) is 42.1 Å². The number of carbonyl (C=O) groups is 2. The summed E-state index contributed by atoms with van der Waals surface area (Å²) in [5.41, 5.74) is 4.74. The Labute approximate surface area is 210 Å². The normalized spacial score (nSPS) is 11.9. The van der Waals surface area contributed by atoms with Crippen molar-refractivity contribution < 1.29 is 9.59 Å². The molecule has 0 aliphatic heterocycles. The first-order chi connectivity index (χ1) is 16.5. The molecule has 5 heteroatoms. The van der Waals surface area contributed by atoms with Crippen LogP contribution in [0, 0.1) is 5.92 Å². The number of nitrogens with one attached hydrogen (secondary N) is 1. The average Bonchev–Trinajstić information content (AvgIpc) is 3.22. The van der Waals surface area contributed by atoms with Gasteiger partial charge in [0.2, 0.25) is 11.8 Å². The molecule has 5 nitrogen and oxygen atoms in total. The summed E-state index contributed by atoms with van der Waals surface area (Å²) in [7, 11) is 0. The number of H-pyrrole nitrogens is 1. The van der Waals surface area contributed by atoms with Crippen LogP contribution in [0.2, 0.25) is 0 Å². The molecule has 0 spiro atoms. The van der Waals surface area contributed by atoms with Crippen LogP contribution in [-0.2, 0) is 28.0 Å². The SMILES string of the molecule is CC(C)C(=O)N(CC(=O)N(CCc1c[nH]c2ccccc12)Cc1ccc(C(C)(C)C)cc1)C(C)C. The van der Waals surface area contributed by atoms with Crippen molar-refractivity contribution in [3.63, 3.8) is 0 Å². The summed E-state index contributed by atoms with van der Waals surface area (Å²) in [6, 6.07) is 16.7. The molecule has 1 N–H and O–H groups in total. The van der Waals surface area contributed by atoms with Crippen LogP contribution in [-0.4, -0.2) is 45.7 Å². The van der Waals surface area contributed by atoms with Crippen molar-refractivity contribution in [3.05, 3.63) is 71.4 Å². The monoisotopic (exact) mass is 475 g/mol. The number of hydrogen-bond acceptors (Lipinski definition) is 2. The average molecular weight is 476 g/mol. The number of aromatic amines is 1. The van der Waals surface area contributed by atoms with Crippen LogP contribution in [0.4, 0.5) is 0 Å². The quantitative estimate of drug-likeness (QED) is 0.417. The zero-order valence-electron chi connectivity index (χ0n) is 22.4. The lowest BCUT2D eigenvalue weighted by molar-refractivity contribution is -0.144. The first-order valence-electron chi connectivity index (χ1n) is 12.7. The van der Waals surface area contributed by atoms with E-state index in [1.807, 2.05) is 50.9 Å². The Kier molecular flexibility index (Phi) is 8.42. The third-order valence-electron chi connectivity index (χ3n) is 6.58. The van der Waals surface area contributed by atoms with Crippen LogP contribution in [0.25, 0.3) is 10.9 Å². The molecule has 0 atom stereocenters. The highest BCUT2D eigenvalue weighted by Crippen LogP contribution is 2.23. The number of aromatic nitrogens is 1. The Bertz CT molecular complexity index is 1140. The van der Waals surface area contributed by atoms with Gasteiger partial charge in [0.15, 0.2) is 0 Å². The van der Waals surface area contributed by atoms with Crippen molar-refractivity contribution >= 4 is 22.7 Å². The second-order valence-electron chi connectivity index (χ2n) is 11.1. The van der Waals surface area contributed by atoms with Gasteiger partial charge in [0.25, 0.3) is 0 Å². The summed E-state index contributed by atoms with van der Waals surface area (Å²) in [6.07, 6.45) is 2.78. The second-order valence-corrected chi connectivity index (χ2v) is 11.1. The van der Waals surface area contributed by atoms with E-state index >= 15 is 0 Å². The van der Waals surface area contributed by atoms with Gasteiger partial charge in [-0.05, 0) is 48.4 Å². The third kappa shape index (κ3) is 6.74. The van der Waals surface area contributed by atoms with Gasteiger partial charge in [0.05, 0.1) is 6.54 Å². The van der Waals surface area contributed by atoms with Crippen molar-refractivity contribution in [2.24, 2.45) is 5.92 Å². The van der Waals surface area contributed by atoms with Crippen LogP contribution in [0.15, 0.2) is 54.7 Å². The minimum atomic E-state index is -0.144. The van der Waals surface area contributed by atoms with Crippen molar-refractivity contribution in [1.29, 1.82) is 0 Å². The molecule has 3 aromatic rings. The molecule has 1 aromatic heterocycles. The van der Waals surface area contributed by atoms with Gasteiger partial charge in [-0.2, -0.15) is 0 Å². The molecule has 2 aromatic carbocycles. The van der Waals surface area contributed by atoms with Crippen molar-refractivity contribution in [2.75, 3.05) is 13.1 Å². The van der Waals surface area contributed by atoms with E-state index in [0.29, 0.717) is 13.1 Å².